The molecule has 0 aliphatic carbocycles. The normalized spacial score (nSPS) is 13.8. The molecule has 0 aliphatic heterocycles. The summed E-state index contributed by atoms with van der Waals surface area (Å²) in [7, 11) is 0. The van der Waals surface area contributed by atoms with E-state index in [0.29, 0.717) is 0 Å². The molecule has 1 unspecified atom stereocenters. The summed E-state index contributed by atoms with van der Waals surface area (Å²) in [5.41, 5.74) is 7.29. The van der Waals surface area contributed by atoms with Crippen LogP contribution in [0.4, 0.5) is 9.59 Å². The quantitative estimate of drug-likeness (QED) is 0.182. The zero-order valence-electron chi connectivity index (χ0n) is 26.8. The maximum atomic E-state index is 13.6. The third-order valence-corrected chi connectivity index (χ3v) is 7.19. The molecule has 46 heavy (non-hydrogen) atoms. The lowest BCUT2D eigenvalue weighted by atomic mass is 9.98. The molecule has 6 N–H and O–H groups in total. The smallest absolute Gasteiger partial charge is 0.408 e. The van der Waals surface area contributed by atoms with E-state index in [2.05, 4.69) is 16.0 Å². The van der Waals surface area contributed by atoms with Crippen LogP contribution in [0.5, 0.6) is 0 Å². The van der Waals surface area contributed by atoms with E-state index < -0.39 is 54.1 Å². The molecule has 11 heteroatoms. The first kappa shape index (κ1) is 35.6. The minimum Gasteiger partial charge on any atom is -0.445 e. The van der Waals surface area contributed by atoms with E-state index in [0.717, 1.165) is 16.7 Å². The van der Waals surface area contributed by atoms with Gasteiger partial charge in [0.1, 0.15) is 12.6 Å². The molecule has 0 aromatic heterocycles. The lowest BCUT2D eigenvalue weighted by molar-refractivity contribution is -0.128. The fourth-order valence-electron chi connectivity index (χ4n) is 4.80. The molecule has 3 aromatic carbocycles. The topological polar surface area (TPSA) is 163 Å². The van der Waals surface area contributed by atoms with Crippen molar-refractivity contribution in [1.29, 1.82) is 0 Å². The monoisotopic (exact) mass is 631 g/mol. The Kier molecular flexibility index (Phi) is 13.1. The number of ether oxygens (including phenoxy) is 1. The van der Waals surface area contributed by atoms with Gasteiger partial charge in [0.15, 0.2) is 0 Å². The number of hydrogen-bond donors (Lipinski definition) is 5. The van der Waals surface area contributed by atoms with E-state index in [4.69, 9.17) is 10.5 Å². The molecule has 0 radical (unpaired) electrons. The summed E-state index contributed by atoms with van der Waals surface area (Å²) in [5, 5.41) is 19.8. The highest BCUT2D eigenvalue weighted by atomic mass is 16.5. The van der Waals surface area contributed by atoms with E-state index in [1.807, 2.05) is 94.4 Å². The standard InChI is InChI=1S/C35H45N5O6/c1-24(27-18-12-7-13-19-27)40(33(44)39-35(2,3)4)22-30(41)28(20-25-14-8-5-9-15-25)37-32(43)29(21-31(36)42)38-34(45)46-23-26-16-10-6-11-17-26/h5-19,24,28-30,41H,20-23H2,1-4H3,(H2,36,42)(H,37,43)(H,38,45)(H,39,44)/t24?,28-,29-,30+/m0/s1. The number of carbonyl (C=O) groups is 4. The number of alkyl carbamates (subject to hydrolysis) is 1. The predicted octanol–water partition coefficient (Wildman–Crippen LogP) is 3.82. The van der Waals surface area contributed by atoms with E-state index >= 15 is 0 Å². The van der Waals surface area contributed by atoms with Crippen LogP contribution in [-0.4, -0.2) is 64.2 Å². The second kappa shape index (κ2) is 17.0. The fourth-order valence-corrected chi connectivity index (χ4v) is 4.80. The second-order valence-electron chi connectivity index (χ2n) is 12.2. The number of primary amides is 1. The molecule has 0 aliphatic rings. The summed E-state index contributed by atoms with van der Waals surface area (Å²) in [6.45, 7) is 7.27. The van der Waals surface area contributed by atoms with Crippen LogP contribution in [0, 0.1) is 0 Å². The van der Waals surface area contributed by atoms with E-state index in [1.165, 1.54) is 4.90 Å². The summed E-state index contributed by atoms with van der Waals surface area (Å²) >= 11 is 0. The van der Waals surface area contributed by atoms with Gasteiger partial charge >= 0.3 is 12.1 Å². The molecule has 11 nitrogen and oxygen atoms in total. The zero-order valence-corrected chi connectivity index (χ0v) is 26.8. The van der Waals surface area contributed by atoms with Crippen LogP contribution < -0.4 is 21.7 Å². The Morgan fingerprint density at radius 1 is 0.848 bits per heavy atom. The van der Waals surface area contributed by atoms with Gasteiger partial charge < -0.3 is 36.4 Å². The largest absolute Gasteiger partial charge is 0.445 e. The Labute approximate surface area is 270 Å². The number of hydrogen-bond acceptors (Lipinski definition) is 6. The minimum atomic E-state index is -1.37. The number of carbonyl (C=O) groups excluding carboxylic acids is 4. The molecule has 3 rings (SSSR count). The van der Waals surface area contributed by atoms with Gasteiger partial charge in [-0.3, -0.25) is 9.59 Å². The molecule has 3 aromatic rings. The summed E-state index contributed by atoms with van der Waals surface area (Å²) in [4.78, 5) is 53.1. The second-order valence-corrected chi connectivity index (χ2v) is 12.2. The molecule has 246 valence electrons. The van der Waals surface area contributed by atoms with Gasteiger partial charge in [-0.15, -0.1) is 0 Å². The average Bonchev–Trinajstić information content (AvgIpc) is 3.02. The van der Waals surface area contributed by atoms with Crippen LogP contribution >= 0.6 is 0 Å². The van der Waals surface area contributed by atoms with Gasteiger partial charge in [0.2, 0.25) is 11.8 Å². The molecule has 0 saturated heterocycles. The fraction of sp³-hybridized carbons (Fsp3) is 0.371. The van der Waals surface area contributed by atoms with Crippen LogP contribution in [0.1, 0.15) is 56.8 Å². The summed E-state index contributed by atoms with van der Waals surface area (Å²) in [6.07, 6.45) is -2.46. The Bertz CT molecular complexity index is 1420. The van der Waals surface area contributed by atoms with Gasteiger partial charge in [0, 0.05) is 5.54 Å². The van der Waals surface area contributed by atoms with Crippen molar-refractivity contribution in [2.75, 3.05) is 6.54 Å². The first-order valence-corrected chi connectivity index (χ1v) is 15.2. The van der Waals surface area contributed by atoms with Crippen molar-refractivity contribution < 1.29 is 29.0 Å². The van der Waals surface area contributed by atoms with E-state index in [-0.39, 0.29) is 25.6 Å². The Morgan fingerprint density at radius 2 is 1.39 bits per heavy atom. The molecule has 0 heterocycles. The van der Waals surface area contributed by atoms with Crippen molar-refractivity contribution in [3.8, 4) is 0 Å². The number of aliphatic hydroxyl groups excluding tert-OH is 1. The molecule has 5 amide bonds. The SMILES string of the molecule is CC(c1ccccc1)N(C[C@@H](O)[C@H](Cc1ccccc1)NC(=O)[C@H](CC(N)=O)NC(=O)OCc1ccccc1)C(=O)NC(C)(C)C. The van der Waals surface area contributed by atoms with Crippen LogP contribution in [0.25, 0.3) is 0 Å². The number of nitrogens with one attached hydrogen (secondary N) is 3. The number of urea groups is 1. The molecule has 0 fully saturated rings. The molecule has 0 saturated carbocycles. The number of nitrogens with two attached hydrogens (primary N) is 1. The number of benzene rings is 3. The van der Waals surface area contributed by atoms with Gasteiger partial charge in [0.25, 0.3) is 0 Å². The van der Waals surface area contributed by atoms with Gasteiger partial charge in [-0.05, 0) is 50.8 Å². The summed E-state index contributed by atoms with van der Waals surface area (Å²) in [6, 6.07) is 24.5. The Morgan fingerprint density at radius 3 is 1.93 bits per heavy atom. The molecule has 0 spiro atoms. The Balaban J connectivity index is 1.83. The third kappa shape index (κ3) is 11.9. The van der Waals surface area contributed by atoms with Gasteiger partial charge in [-0.1, -0.05) is 91.0 Å². The number of rotatable bonds is 14. The number of amides is 5. The highest BCUT2D eigenvalue weighted by molar-refractivity contribution is 5.90. The lowest BCUT2D eigenvalue weighted by Crippen LogP contribution is -2.57. The first-order valence-electron chi connectivity index (χ1n) is 15.2. The van der Waals surface area contributed by atoms with Crippen molar-refractivity contribution in [3.63, 3.8) is 0 Å². The van der Waals surface area contributed by atoms with Crippen LogP contribution in [0.15, 0.2) is 91.0 Å². The molecular formula is C35H45N5O6. The third-order valence-electron chi connectivity index (χ3n) is 7.19. The van der Waals surface area contributed by atoms with Gasteiger partial charge in [0.05, 0.1) is 31.2 Å². The zero-order chi connectivity index (χ0) is 33.7. The van der Waals surface area contributed by atoms with Crippen molar-refractivity contribution in [2.24, 2.45) is 5.73 Å². The molecule has 0 bridgehead atoms. The number of nitrogens with zero attached hydrogens (tertiary/aromatic N) is 1. The van der Waals surface area contributed by atoms with Crippen LogP contribution in [0.2, 0.25) is 0 Å². The van der Waals surface area contributed by atoms with Gasteiger partial charge in [-0.2, -0.15) is 0 Å². The Hall–Kier alpha value is -4.90. The highest BCUT2D eigenvalue weighted by Gasteiger charge is 2.33. The molecular weight excluding hydrogens is 586 g/mol. The van der Waals surface area contributed by atoms with Crippen molar-refractivity contribution >= 4 is 23.9 Å². The maximum absolute atomic E-state index is 13.6. The van der Waals surface area contributed by atoms with Crippen LogP contribution in [0.3, 0.4) is 0 Å². The maximum Gasteiger partial charge on any atom is 0.408 e. The predicted molar refractivity (Wildman–Crippen MR) is 175 cm³/mol. The highest BCUT2D eigenvalue weighted by Crippen LogP contribution is 2.22. The van der Waals surface area contributed by atoms with Crippen LogP contribution in [-0.2, 0) is 27.4 Å². The van der Waals surface area contributed by atoms with E-state index in [1.54, 1.807) is 24.3 Å². The first-order chi connectivity index (χ1) is 21.8. The molecule has 4 atom stereocenters. The van der Waals surface area contributed by atoms with Crippen molar-refractivity contribution in [2.45, 2.75) is 76.9 Å². The van der Waals surface area contributed by atoms with E-state index in [9.17, 15) is 24.3 Å². The van der Waals surface area contributed by atoms with Crippen molar-refractivity contribution in [3.05, 3.63) is 108 Å². The summed E-state index contributed by atoms with van der Waals surface area (Å²) < 4.78 is 5.24. The average molecular weight is 632 g/mol. The van der Waals surface area contributed by atoms with Crippen molar-refractivity contribution in [1.82, 2.24) is 20.9 Å². The van der Waals surface area contributed by atoms with Gasteiger partial charge in [-0.25, -0.2) is 9.59 Å². The minimum absolute atomic E-state index is 0.0427. The number of aliphatic hydroxyl groups is 1. The summed E-state index contributed by atoms with van der Waals surface area (Å²) in [5.74, 6) is -1.55. The lowest BCUT2D eigenvalue weighted by Gasteiger charge is -2.36.